The summed E-state index contributed by atoms with van der Waals surface area (Å²) in [7, 11) is 0. The van der Waals surface area contributed by atoms with E-state index in [9.17, 15) is 23.4 Å². The van der Waals surface area contributed by atoms with Crippen LogP contribution in [0.5, 0.6) is 0 Å². The SMILES string of the molecule is OC1CO[C@H]2C1O[C@H](Sc1cc(Cl)cnc1Br)C(O)C2n1cc(-c2cc(F)c(F)c(F)c2)cn1. The van der Waals surface area contributed by atoms with Crippen molar-refractivity contribution < 1.29 is 32.9 Å². The summed E-state index contributed by atoms with van der Waals surface area (Å²) in [6, 6.07) is 2.58. The molecule has 2 saturated heterocycles. The first-order valence-electron chi connectivity index (χ1n) is 10.0. The lowest BCUT2D eigenvalue weighted by Crippen LogP contribution is -2.54. The lowest BCUT2D eigenvalue weighted by molar-refractivity contribution is -0.161. The fourth-order valence-electron chi connectivity index (χ4n) is 4.06. The summed E-state index contributed by atoms with van der Waals surface area (Å²) in [5.74, 6) is -4.21. The number of ether oxygens (including phenoxy) is 2. The van der Waals surface area contributed by atoms with Crippen molar-refractivity contribution in [2.24, 2.45) is 0 Å². The third-order valence-electron chi connectivity index (χ3n) is 5.66. The van der Waals surface area contributed by atoms with Crippen molar-refractivity contribution in [3.8, 4) is 11.1 Å². The Morgan fingerprint density at radius 1 is 1.09 bits per heavy atom. The first-order valence-corrected chi connectivity index (χ1v) is 12.1. The van der Waals surface area contributed by atoms with E-state index in [0.29, 0.717) is 20.1 Å². The molecule has 5 rings (SSSR count). The van der Waals surface area contributed by atoms with Gasteiger partial charge >= 0.3 is 0 Å². The van der Waals surface area contributed by atoms with Crippen LogP contribution in [0.2, 0.25) is 5.02 Å². The van der Waals surface area contributed by atoms with Crippen LogP contribution in [0.1, 0.15) is 6.04 Å². The standard InChI is InChI=1S/C21H16BrClF3N3O4S/c22-20-14(3-10(23)5-27-20)34-21-17(31)16(19-18(33-21)13(30)7-32-19)29-6-9(4-28-29)8-1-11(24)15(26)12(25)2-8/h1-6,13,16-19,21,30-31H,7H2/t13?,16?,17?,18?,19-,21-/m1/s1. The molecule has 0 bridgehead atoms. The summed E-state index contributed by atoms with van der Waals surface area (Å²) >= 11 is 10.6. The Kier molecular flexibility index (Phi) is 6.66. The molecule has 2 aliphatic rings. The number of pyridine rings is 1. The molecule has 4 unspecified atom stereocenters. The predicted molar refractivity (Wildman–Crippen MR) is 120 cm³/mol. The van der Waals surface area contributed by atoms with Gasteiger partial charge in [-0.05, 0) is 39.7 Å². The second-order valence-electron chi connectivity index (χ2n) is 7.84. The lowest BCUT2D eigenvalue weighted by Gasteiger charge is -2.41. The third kappa shape index (κ3) is 4.36. The highest BCUT2D eigenvalue weighted by Crippen LogP contribution is 2.44. The summed E-state index contributed by atoms with van der Waals surface area (Å²) < 4.78 is 54.4. The molecule has 6 atom stereocenters. The minimum Gasteiger partial charge on any atom is -0.388 e. The van der Waals surface area contributed by atoms with Crippen LogP contribution in [0, 0.1) is 17.5 Å². The summed E-state index contributed by atoms with van der Waals surface area (Å²) in [4.78, 5) is 4.74. The number of thioether (sulfide) groups is 1. The van der Waals surface area contributed by atoms with Gasteiger partial charge in [0.1, 0.15) is 40.5 Å². The van der Waals surface area contributed by atoms with Crippen LogP contribution in [0.3, 0.4) is 0 Å². The molecule has 0 radical (unpaired) electrons. The molecule has 0 spiro atoms. The maximum Gasteiger partial charge on any atom is 0.194 e. The zero-order chi connectivity index (χ0) is 24.1. The van der Waals surface area contributed by atoms with E-state index < -0.39 is 53.3 Å². The number of rotatable bonds is 4. The highest BCUT2D eigenvalue weighted by atomic mass is 79.9. The largest absolute Gasteiger partial charge is 0.388 e. The van der Waals surface area contributed by atoms with Crippen molar-refractivity contribution in [2.45, 2.75) is 40.8 Å². The number of aromatic nitrogens is 3. The van der Waals surface area contributed by atoms with E-state index in [4.69, 9.17) is 21.1 Å². The van der Waals surface area contributed by atoms with Gasteiger partial charge in [-0.25, -0.2) is 18.2 Å². The Hall–Kier alpha value is -1.67. The van der Waals surface area contributed by atoms with Gasteiger partial charge in [-0.2, -0.15) is 5.10 Å². The topological polar surface area (TPSA) is 89.6 Å². The maximum atomic E-state index is 13.7. The number of aliphatic hydroxyl groups excluding tert-OH is 2. The van der Waals surface area contributed by atoms with Gasteiger partial charge in [0, 0.05) is 22.9 Å². The molecule has 2 aliphatic heterocycles. The lowest BCUT2D eigenvalue weighted by atomic mass is 9.96. The number of nitrogens with zero attached hydrogens (tertiary/aromatic N) is 3. The van der Waals surface area contributed by atoms with Crippen LogP contribution < -0.4 is 0 Å². The van der Waals surface area contributed by atoms with Gasteiger partial charge in [0.2, 0.25) is 0 Å². The van der Waals surface area contributed by atoms with Crippen molar-refractivity contribution in [1.82, 2.24) is 14.8 Å². The first-order chi connectivity index (χ1) is 16.2. The fourth-order valence-corrected chi connectivity index (χ4v) is 5.86. The average molecular weight is 579 g/mol. The number of halogens is 5. The Balaban J connectivity index is 1.48. The number of fused-ring (bicyclic) bond motifs is 1. The summed E-state index contributed by atoms with van der Waals surface area (Å²) in [5, 5.41) is 26.3. The van der Waals surface area contributed by atoms with Gasteiger partial charge in [0.25, 0.3) is 0 Å². The molecule has 0 aliphatic carbocycles. The summed E-state index contributed by atoms with van der Waals surface area (Å²) in [5.41, 5.74) is -0.474. The van der Waals surface area contributed by atoms with Crippen LogP contribution in [0.25, 0.3) is 11.1 Å². The molecule has 1 aromatic carbocycles. The number of hydrogen-bond donors (Lipinski definition) is 2. The molecule has 13 heteroatoms. The third-order valence-corrected chi connectivity index (χ3v) is 7.95. The van der Waals surface area contributed by atoms with Crippen LogP contribution in [-0.2, 0) is 9.47 Å². The molecular weight excluding hydrogens is 563 g/mol. The zero-order valence-corrected chi connectivity index (χ0v) is 20.1. The molecular formula is C21H16BrClF3N3O4S. The second kappa shape index (κ2) is 9.41. The molecule has 2 N–H and O–H groups in total. The van der Waals surface area contributed by atoms with Crippen molar-refractivity contribution in [2.75, 3.05) is 6.61 Å². The van der Waals surface area contributed by atoms with Gasteiger partial charge in [0.15, 0.2) is 17.5 Å². The fraction of sp³-hybridized carbons (Fsp3) is 0.333. The Morgan fingerprint density at radius 2 is 1.82 bits per heavy atom. The van der Waals surface area contributed by atoms with E-state index >= 15 is 0 Å². The minimum atomic E-state index is -1.56. The molecule has 0 amide bonds. The van der Waals surface area contributed by atoms with Gasteiger partial charge in [-0.15, -0.1) is 0 Å². The van der Waals surface area contributed by atoms with Crippen molar-refractivity contribution in [3.63, 3.8) is 0 Å². The Bertz CT molecular complexity index is 1210. The van der Waals surface area contributed by atoms with E-state index in [1.54, 1.807) is 6.07 Å². The summed E-state index contributed by atoms with van der Waals surface area (Å²) in [6.07, 6.45) is 0.676. The molecule has 180 valence electrons. The van der Waals surface area contributed by atoms with Crippen LogP contribution >= 0.6 is 39.3 Å². The molecule has 3 aromatic rings. The van der Waals surface area contributed by atoms with Crippen molar-refractivity contribution in [3.05, 3.63) is 63.9 Å². The molecule has 0 saturated carbocycles. The minimum absolute atomic E-state index is 0.000859. The normalized spacial score (nSPS) is 28.8. The van der Waals surface area contributed by atoms with Gasteiger partial charge < -0.3 is 19.7 Å². The Labute approximate surface area is 209 Å². The second-order valence-corrected chi connectivity index (χ2v) is 10.2. The number of aliphatic hydroxyl groups is 2. The number of benzene rings is 1. The van der Waals surface area contributed by atoms with Crippen molar-refractivity contribution >= 4 is 39.3 Å². The quantitative estimate of drug-likeness (QED) is 0.358. The van der Waals surface area contributed by atoms with Gasteiger partial charge in [-0.3, -0.25) is 4.68 Å². The van der Waals surface area contributed by atoms with Crippen LogP contribution in [-0.4, -0.2) is 61.4 Å². The molecule has 34 heavy (non-hydrogen) atoms. The van der Waals surface area contributed by atoms with E-state index in [-0.39, 0.29) is 12.2 Å². The van der Waals surface area contributed by atoms with E-state index in [0.717, 1.165) is 23.9 Å². The predicted octanol–water partition coefficient (Wildman–Crippen LogP) is 3.96. The molecule has 2 fully saturated rings. The van der Waals surface area contributed by atoms with Crippen molar-refractivity contribution in [1.29, 1.82) is 0 Å². The van der Waals surface area contributed by atoms with E-state index in [1.807, 2.05) is 0 Å². The summed E-state index contributed by atoms with van der Waals surface area (Å²) in [6.45, 7) is 0.000859. The van der Waals surface area contributed by atoms with E-state index in [2.05, 4.69) is 26.0 Å². The molecule has 4 heterocycles. The van der Waals surface area contributed by atoms with Gasteiger partial charge in [-0.1, -0.05) is 23.4 Å². The Morgan fingerprint density at radius 3 is 2.56 bits per heavy atom. The van der Waals surface area contributed by atoms with Crippen LogP contribution in [0.4, 0.5) is 13.2 Å². The molecule has 7 nitrogen and oxygen atoms in total. The smallest absolute Gasteiger partial charge is 0.194 e. The molecule has 2 aromatic heterocycles. The van der Waals surface area contributed by atoms with Gasteiger partial charge in [0.05, 0.1) is 17.8 Å². The maximum absolute atomic E-state index is 13.7. The van der Waals surface area contributed by atoms with E-state index in [1.165, 1.54) is 23.3 Å². The number of hydrogen-bond acceptors (Lipinski definition) is 7. The average Bonchev–Trinajstić information content (AvgIpc) is 3.42. The highest BCUT2D eigenvalue weighted by molar-refractivity contribution is 9.10. The first kappa shape index (κ1) is 24.0. The highest BCUT2D eigenvalue weighted by Gasteiger charge is 2.53. The zero-order valence-electron chi connectivity index (χ0n) is 17.0. The monoisotopic (exact) mass is 577 g/mol. The van der Waals surface area contributed by atoms with Crippen LogP contribution in [0.15, 0.2) is 46.3 Å².